The summed E-state index contributed by atoms with van der Waals surface area (Å²) >= 11 is 0. The fourth-order valence-corrected chi connectivity index (χ4v) is 4.83. The van der Waals surface area contributed by atoms with E-state index in [1.807, 2.05) is 22.1 Å². The highest BCUT2D eigenvalue weighted by molar-refractivity contribution is 5.76. The summed E-state index contributed by atoms with van der Waals surface area (Å²) < 4.78 is 6.73. The minimum absolute atomic E-state index is 0.272. The van der Waals surface area contributed by atoms with Crippen LogP contribution in [0, 0.1) is 6.92 Å². The van der Waals surface area contributed by atoms with Crippen LogP contribution in [0.4, 0.5) is 0 Å². The highest BCUT2D eigenvalue weighted by atomic mass is 16.2. The van der Waals surface area contributed by atoms with Crippen LogP contribution in [0.5, 0.6) is 0 Å². The van der Waals surface area contributed by atoms with E-state index in [0.717, 1.165) is 30.9 Å². The van der Waals surface area contributed by atoms with E-state index in [2.05, 4.69) is 36.1 Å². The number of fused-ring (bicyclic) bond motifs is 3. The smallest absolute Gasteiger partial charge is 0.302 e. The highest BCUT2D eigenvalue weighted by Crippen LogP contribution is 2.21. The highest BCUT2D eigenvalue weighted by Gasteiger charge is 2.21. The van der Waals surface area contributed by atoms with Crippen LogP contribution in [0.3, 0.4) is 0 Å². The summed E-state index contributed by atoms with van der Waals surface area (Å²) in [6, 6.07) is 8.36. The van der Waals surface area contributed by atoms with Crippen molar-refractivity contribution in [2.24, 2.45) is 7.05 Å². The van der Waals surface area contributed by atoms with E-state index >= 15 is 0 Å². The van der Waals surface area contributed by atoms with Gasteiger partial charge in [0, 0.05) is 37.7 Å². The molecule has 1 aliphatic rings. The molecule has 1 aliphatic heterocycles. The van der Waals surface area contributed by atoms with Gasteiger partial charge in [0.2, 0.25) is 5.78 Å². The van der Waals surface area contributed by atoms with Gasteiger partial charge in [-0.05, 0) is 57.0 Å². The molecular formula is C24H30N6O2. The summed E-state index contributed by atoms with van der Waals surface area (Å²) in [5, 5.41) is 0. The molecule has 0 radical (unpaired) electrons. The fraction of sp³-hybridized carbons (Fsp3) is 0.458. The quantitative estimate of drug-likeness (QED) is 0.484. The van der Waals surface area contributed by atoms with Crippen LogP contribution in [0.1, 0.15) is 37.4 Å². The first-order chi connectivity index (χ1) is 15.5. The van der Waals surface area contributed by atoms with Gasteiger partial charge in [0.1, 0.15) is 0 Å². The molecule has 4 aromatic rings. The Kier molecular flexibility index (Phi) is 5.25. The third-order valence-corrected chi connectivity index (χ3v) is 6.72. The Bertz CT molecular complexity index is 1400. The number of hydrogen-bond acceptors (Lipinski definition) is 4. The molecule has 32 heavy (non-hydrogen) atoms. The van der Waals surface area contributed by atoms with Gasteiger partial charge in [0.25, 0.3) is 5.56 Å². The average molecular weight is 435 g/mol. The largest absolute Gasteiger partial charge is 0.332 e. The molecule has 8 heteroatoms. The maximum Gasteiger partial charge on any atom is 0.332 e. The van der Waals surface area contributed by atoms with Crippen LogP contribution in [0.2, 0.25) is 0 Å². The van der Waals surface area contributed by atoms with Gasteiger partial charge in [-0.2, -0.15) is 4.98 Å². The molecule has 3 aromatic heterocycles. The predicted molar refractivity (Wildman–Crippen MR) is 126 cm³/mol. The number of nitrogens with zero attached hydrogens (tertiary/aromatic N) is 6. The van der Waals surface area contributed by atoms with Crippen molar-refractivity contribution in [3.8, 4) is 5.69 Å². The summed E-state index contributed by atoms with van der Waals surface area (Å²) in [5.74, 6) is 0.641. The number of aromatic nitrogens is 5. The molecule has 1 saturated heterocycles. The van der Waals surface area contributed by atoms with Crippen LogP contribution in [-0.2, 0) is 20.0 Å². The van der Waals surface area contributed by atoms with Crippen LogP contribution < -0.4 is 11.2 Å². The Morgan fingerprint density at radius 3 is 2.41 bits per heavy atom. The molecule has 4 heterocycles. The lowest BCUT2D eigenvalue weighted by Gasteiger charge is -2.26. The number of aryl methyl sites for hydroxylation is 3. The van der Waals surface area contributed by atoms with Crippen LogP contribution in [0.15, 0.2) is 40.1 Å². The zero-order chi connectivity index (χ0) is 22.4. The van der Waals surface area contributed by atoms with Gasteiger partial charge >= 0.3 is 5.69 Å². The van der Waals surface area contributed by atoms with Crippen molar-refractivity contribution in [1.29, 1.82) is 0 Å². The molecule has 0 bridgehead atoms. The van der Waals surface area contributed by atoms with E-state index in [4.69, 9.17) is 4.98 Å². The summed E-state index contributed by atoms with van der Waals surface area (Å²) in [6.45, 7) is 7.32. The van der Waals surface area contributed by atoms with Gasteiger partial charge < -0.3 is 4.90 Å². The zero-order valence-corrected chi connectivity index (χ0v) is 19.0. The minimum atomic E-state index is -0.309. The molecule has 8 nitrogen and oxygen atoms in total. The van der Waals surface area contributed by atoms with Crippen molar-refractivity contribution in [3.05, 3.63) is 62.6 Å². The Morgan fingerprint density at radius 2 is 1.72 bits per heavy atom. The average Bonchev–Trinajstić information content (AvgIpc) is 3.33. The second-order valence-corrected chi connectivity index (χ2v) is 8.78. The lowest BCUT2D eigenvalue weighted by atomic mass is 10.1. The molecule has 0 atom stereocenters. The lowest BCUT2D eigenvalue weighted by Crippen LogP contribution is -2.43. The monoisotopic (exact) mass is 434 g/mol. The van der Waals surface area contributed by atoms with Crippen molar-refractivity contribution < 1.29 is 0 Å². The van der Waals surface area contributed by atoms with E-state index in [1.54, 1.807) is 7.05 Å². The molecule has 1 fully saturated rings. The summed E-state index contributed by atoms with van der Waals surface area (Å²) in [6.07, 6.45) is 6.53. The number of hydrogen-bond donors (Lipinski definition) is 0. The second kappa shape index (κ2) is 8.09. The molecule has 0 aliphatic carbocycles. The van der Waals surface area contributed by atoms with Gasteiger partial charge in [-0.3, -0.25) is 22.9 Å². The predicted octanol–water partition coefficient (Wildman–Crippen LogP) is 2.50. The standard InChI is InChI=1S/C24H30N6O2/c1-4-18-8-10-19(11-9-18)30-17(2)16-29-20-21(25-23(29)30)26(3)24(32)28(22(20)31)15-14-27-12-6-5-7-13-27/h8-11,16H,4-7,12-15H2,1-3H3. The van der Waals surface area contributed by atoms with E-state index in [-0.39, 0.29) is 11.2 Å². The Labute approximate surface area is 186 Å². The van der Waals surface area contributed by atoms with Crippen LogP contribution >= 0.6 is 0 Å². The normalized spacial score (nSPS) is 15.2. The van der Waals surface area contributed by atoms with Gasteiger partial charge in [-0.1, -0.05) is 25.5 Å². The number of benzene rings is 1. The zero-order valence-electron chi connectivity index (χ0n) is 19.0. The van der Waals surface area contributed by atoms with Crippen molar-refractivity contribution >= 4 is 16.9 Å². The third kappa shape index (κ3) is 3.30. The topological polar surface area (TPSA) is 69.5 Å². The van der Waals surface area contributed by atoms with Crippen molar-refractivity contribution in [1.82, 2.24) is 28.0 Å². The van der Waals surface area contributed by atoms with Gasteiger partial charge in [-0.25, -0.2) is 4.79 Å². The SMILES string of the molecule is CCc1ccc(-n2c(C)cn3c4c(=O)n(CCN5CCCCC5)c(=O)n(C)c4nc23)cc1. The van der Waals surface area contributed by atoms with Crippen molar-refractivity contribution in [2.45, 2.75) is 46.1 Å². The Balaban J connectivity index is 1.64. The third-order valence-electron chi connectivity index (χ3n) is 6.72. The number of likely N-dealkylation sites (tertiary alicyclic amines) is 1. The summed E-state index contributed by atoms with van der Waals surface area (Å²) in [5.41, 5.74) is 3.52. The molecule has 168 valence electrons. The van der Waals surface area contributed by atoms with Crippen molar-refractivity contribution in [2.75, 3.05) is 19.6 Å². The van der Waals surface area contributed by atoms with E-state index in [0.29, 0.717) is 30.0 Å². The summed E-state index contributed by atoms with van der Waals surface area (Å²) in [4.78, 5) is 33.5. The molecular weight excluding hydrogens is 404 g/mol. The Morgan fingerprint density at radius 1 is 1.00 bits per heavy atom. The van der Waals surface area contributed by atoms with Gasteiger partial charge in [-0.15, -0.1) is 0 Å². The molecule has 5 rings (SSSR count). The van der Waals surface area contributed by atoms with Crippen molar-refractivity contribution in [3.63, 3.8) is 0 Å². The van der Waals surface area contributed by atoms with Gasteiger partial charge in [0.05, 0.1) is 0 Å². The molecule has 0 N–H and O–H groups in total. The number of piperidine rings is 1. The van der Waals surface area contributed by atoms with E-state index in [1.165, 1.54) is 34.0 Å². The molecule has 0 amide bonds. The van der Waals surface area contributed by atoms with Crippen LogP contribution in [-0.4, -0.2) is 47.6 Å². The summed E-state index contributed by atoms with van der Waals surface area (Å²) in [7, 11) is 1.70. The fourth-order valence-electron chi connectivity index (χ4n) is 4.83. The Hall–Kier alpha value is -3.13. The van der Waals surface area contributed by atoms with Crippen LogP contribution in [0.25, 0.3) is 22.6 Å². The number of imidazole rings is 2. The van der Waals surface area contributed by atoms with E-state index in [9.17, 15) is 9.59 Å². The maximum absolute atomic E-state index is 13.5. The molecule has 1 aromatic carbocycles. The first kappa shape index (κ1) is 20.8. The number of rotatable bonds is 5. The minimum Gasteiger partial charge on any atom is -0.302 e. The van der Waals surface area contributed by atoms with E-state index < -0.39 is 0 Å². The molecule has 0 spiro atoms. The van der Waals surface area contributed by atoms with Gasteiger partial charge in [0.15, 0.2) is 11.2 Å². The second-order valence-electron chi connectivity index (χ2n) is 8.78. The lowest BCUT2D eigenvalue weighted by molar-refractivity contribution is 0.218. The first-order valence-corrected chi connectivity index (χ1v) is 11.5. The first-order valence-electron chi connectivity index (χ1n) is 11.5. The molecule has 0 unspecified atom stereocenters. The molecule has 0 saturated carbocycles. The maximum atomic E-state index is 13.5.